The van der Waals surface area contributed by atoms with E-state index in [0.717, 1.165) is 10.1 Å². The largest absolute Gasteiger partial charge is 0.289 e. The minimum Gasteiger partial charge on any atom is -0.289 e. The summed E-state index contributed by atoms with van der Waals surface area (Å²) in [5.41, 5.74) is 5.14. The molecule has 2 heterocycles. The Morgan fingerprint density at radius 2 is 1.80 bits per heavy atom. The van der Waals surface area contributed by atoms with Gasteiger partial charge in [-0.3, -0.25) is 34.5 Å². The summed E-state index contributed by atoms with van der Waals surface area (Å²) in [5.74, 6) is -1.41. The molecule has 2 aromatic carbocycles. The molecule has 13 heteroatoms. The van der Waals surface area contributed by atoms with Gasteiger partial charge in [0.25, 0.3) is 17.4 Å². The second-order valence-corrected chi connectivity index (χ2v) is 9.29. The van der Waals surface area contributed by atoms with Crippen molar-refractivity contribution < 1.29 is 18.0 Å². The molecule has 0 aliphatic carbocycles. The molecule has 35 heavy (non-hydrogen) atoms. The Morgan fingerprint density at radius 1 is 1.03 bits per heavy atom. The van der Waals surface area contributed by atoms with E-state index in [1.807, 2.05) is 6.07 Å². The van der Waals surface area contributed by atoms with Crippen molar-refractivity contribution in [3.05, 3.63) is 88.6 Å². The summed E-state index contributed by atoms with van der Waals surface area (Å²) in [6.45, 7) is -0.302. The molecule has 0 atom stereocenters. The van der Waals surface area contributed by atoms with Gasteiger partial charge in [-0.15, -0.1) is 0 Å². The van der Waals surface area contributed by atoms with Crippen LogP contribution in [0, 0.1) is 0 Å². The Labute approximate surface area is 199 Å². The number of fused-ring (bicyclic) bond motifs is 1. The monoisotopic (exact) mass is 495 g/mol. The lowest BCUT2D eigenvalue weighted by Gasteiger charge is -2.10. The average molecular weight is 496 g/mol. The predicted molar refractivity (Wildman–Crippen MR) is 125 cm³/mol. The third-order valence-electron chi connectivity index (χ3n) is 5.06. The summed E-state index contributed by atoms with van der Waals surface area (Å²) in [7, 11) is -2.24. The van der Waals surface area contributed by atoms with Crippen LogP contribution >= 0.6 is 0 Å². The molecule has 4 rings (SSSR count). The maximum atomic E-state index is 12.6. The molecule has 0 aliphatic rings. The van der Waals surface area contributed by atoms with E-state index in [0.29, 0.717) is 5.65 Å². The van der Waals surface area contributed by atoms with Gasteiger partial charge in [-0.1, -0.05) is 36.4 Å². The normalized spacial score (nSPS) is 11.3. The van der Waals surface area contributed by atoms with E-state index in [2.05, 4.69) is 25.7 Å². The van der Waals surface area contributed by atoms with E-state index in [1.54, 1.807) is 31.3 Å². The fourth-order valence-corrected chi connectivity index (χ4v) is 4.30. The Morgan fingerprint density at radius 3 is 2.57 bits per heavy atom. The van der Waals surface area contributed by atoms with Gasteiger partial charge in [-0.25, -0.2) is 18.1 Å². The van der Waals surface area contributed by atoms with Crippen LogP contribution in [0.4, 0.5) is 0 Å². The molecule has 0 radical (unpaired) electrons. The third kappa shape index (κ3) is 5.42. The summed E-state index contributed by atoms with van der Waals surface area (Å²) in [5, 5.41) is 4.21. The van der Waals surface area contributed by atoms with Gasteiger partial charge < -0.3 is 0 Å². The molecular weight excluding hydrogens is 474 g/mol. The zero-order valence-electron chi connectivity index (χ0n) is 18.5. The quantitative estimate of drug-likeness (QED) is 0.306. The van der Waals surface area contributed by atoms with Gasteiger partial charge in [0.1, 0.15) is 18.3 Å². The van der Waals surface area contributed by atoms with E-state index in [1.165, 1.54) is 41.5 Å². The van der Waals surface area contributed by atoms with Crippen LogP contribution in [-0.2, 0) is 35.0 Å². The Bertz CT molecular complexity index is 1560. The number of carbonyl (C=O) groups excluding carboxylic acids is 2. The molecule has 0 aliphatic heterocycles. The maximum Gasteiger partial charge on any atom is 0.269 e. The molecule has 2 amide bonds. The van der Waals surface area contributed by atoms with Crippen molar-refractivity contribution in [2.24, 2.45) is 7.05 Å². The van der Waals surface area contributed by atoms with Crippen LogP contribution < -0.4 is 21.1 Å². The molecule has 12 nitrogen and oxygen atoms in total. The van der Waals surface area contributed by atoms with Crippen LogP contribution in [0.5, 0.6) is 0 Å². The first kappa shape index (κ1) is 23.8. The van der Waals surface area contributed by atoms with Crippen molar-refractivity contribution in [3.8, 4) is 0 Å². The van der Waals surface area contributed by atoms with E-state index in [9.17, 15) is 22.8 Å². The number of carbonyl (C=O) groups is 2. The number of nitrogens with one attached hydrogen (secondary N) is 3. The number of hydrazine groups is 1. The van der Waals surface area contributed by atoms with Gasteiger partial charge in [0.05, 0.1) is 11.1 Å². The minimum absolute atomic E-state index is 0.0171. The SMILES string of the molecule is Cn1ncc2c(=O)n(CC(=O)NNC(=O)c3cccc(S(=O)(=O)NCc4ccccc4)c3)cnc21. The zero-order chi connectivity index (χ0) is 25.0. The number of rotatable bonds is 7. The highest BCUT2D eigenvalue weighted by Crippen LogP contribution is 2.12. The fourth-order valence-electron chi connectivity index (χ4n) is 3.23. The van der Waals surface area contributed by atoms with Gasteiger partial charge in [-0.2, -0.15) is 5.10 Å². The molecule has 0 saturated carbocycles. The number of benzene rings is 2. The second kappa shape index (κ2) is 9.87. The summed E-state index contributed by atoms with van der Waals surface area (Å²) in [4.78, 5) is 41.2. The Hall–Kier alpha value is -4.36. The van der Waals surface area contributed by atoms with Crippen LogP contribution in [0.3, 0.4) is 0 Å². The molecule has 0 unspecified atom stereocenters. The third-order valence-corrected chi connectivity index (χ3v) is 6.46. The lowest BCUT2D eigenvalue weighted by Crippen LogP contribution is -2.44. The smallest absolute Gasteiger partial charge is 0.269 e. The number of amides is 2. The Kier molecular flexibility index (Phi) is 6.71. The van der Waals surface area contributed by atoms with E-state index >= 15 is 0 Å². The van der Waals surface area contributed by atoms with Crippen LogP contribution in [0.1, 0.15) is 15.9 Å². The number of aryl methyl sites for hydroxylation is 1. The molecule has 0 bridgehead atoms. The van der Waals surface area contributed by atoms with Crippen LogP contribution in [-0.4, -0.2) is 39.6 Å². The molecule has 4 aromatic rings. The van der Waals surface area contributed by atoms with Gasteiger partial charge in [-0.05, 0) is 23.8 Å². The molecule has 0 spiro atoms. The van der Waals surface area contributed by atoms with Crippen LogP contribution in [0.15, 0.2) is 76.8 Å². The number of hydrogen-bond donors (Lipinski definition) is 3. The van der Waals surface area contributed by atoms with E-state index in [4.69, 9.17) is 0 Å². The molecular formula is C22H21N7O5S. The lowest BCUT2D eigenvalue weighted by molar-refractivity contribution is -0.122. The van der Waals surface area contributed by atoms with E-state index in [-0.39, 0.29) is 22.4 Å². The maximum absolute atomic E-state index is 12.6. The van der Waals surface area contributed by atoms with Gasteiger partial charge >= 0.3 is 0 Å². The summed E-state index contributed by atoms with van der Waals surface area (Å²) < 4.78 is 30.2. The first-order valence-electron chi connectivity index (χ1n) is 10.3. The van der Waals surface area contributed by atoms with Gasteiger partial charge in [0, 0.05) is 19.2 Å². The average Bonchev–Trinajstić information content (AvgIpc) is 3.25. The predicted octanol–water partition coefficient (Wildman–Crippen LogP) is 0.0697. The summed E-state index contributed by atoms with van der Waals surface area (Å²) >= 11 is 0. The molecule has 3 N–H and O–H groups in total. The summed E-state index contributed by atoms with van der Waals surface area (Å²) in [6, 6.07) is 14.4. The number of hydrogen-bond acceptors (Lipinski definition) is 7. The highest BCUT2D eigenvalue weighted by atomic mass is 32.2. The van der Waals surface area contributed by atoms with Crippen molar-refractivity contribution in [1.82, 2.24) is 34.9 Å². The van der Waals surface area contributed by atoms with Crippen molar-refractivity contribution in [1.29, 1.82) is 0 Å². The number of nitrogens with zero attached hydrogens (tertiary/aromatic N) is 4. The van der Waals surface area contributed by atoms with E-state index < -0.39 is 33.9 Å². The zero-order valence-corrected chi connectivity index (χ0v) is 19.3. The van der Waals surface area contributed by atoms with Crippen molar-refractivity contribution in [2.45, 2.75) is 18.0 Å². The van der Waals surface area contributed by atoms with Crippen LogP contribution in [0.25, 0.3) is 11.0 Å². The lowest BCUT2D eigenvalue weighted by atomic mass is 10.2. The second-order valence-electron chi connectivity index (χ2n) is 7.52. The highest BCUT2D eigenvalue weighted by molar-refractivity contribution is 7.89. The molecule has 2 aromatic heterocycles. The van der Waals surface area contributed by atoms with Gasteiger partial charge in [0.2, 0.25) is 10.0 Å². The number of aromatic nitrogens is 4. The topological polar surface area (TPSA) is 157 Å². The first-order valence-corrected chi connectivity index (χ1v) is 11.8. The fraction of sp³-hybridized carbons (Fsp3) is 0.136. The highest BCUT2D eigenvalue weighted by Gasteiger charge is 2.17. The van der Waals surface area contributed by atoms with Crippen molar-refractivity contribution in [3.63, 3.8) is 0 Å². The van der Waals surface area contributed by atoms with Gasteiger partial charge in [0.15, 0.2) is 5.65 Å². The summed E-state index contributed by atoms with van der Waals surface area (Å²) in [6.07, 6.45) is 2.57. The minimum atomic E-state index is -3.88. The van der Waals surface area contributed by atoms with Crippen molar-refractivity contribution >= 4 is 32.9 Å². The molecule has 0 saturated heterocycles. The van der Waals surface area contributed by atoms with Crippen molar-refractivity contribution in [2.75, 3.05) is 0 Å². The first-order chi connectivity index (χ1) is 16.7. The molecule has 0 fully saturated rings. The number of sulfonamides is 1. The van der Waals surface area contributed by atoms with Crippen LogP contribution in [0.2, 0.25) is 0 Å². The molecule has 180 valence electrons. The Balaban J connectivity index is 1.38. The standard InChI is InChI=1S/C22H21N7O5S/c1-28-20-18(12-24-28)22(32)29(14-23-20)13-19(30)26-27-21(31)16-8-5-9-17(10-16)35(33,34)25-11-15-6-3-2-4-7-15/h2-10,12,14,25H,11,13H2,1H3,(H,26,30)(H,27,31).